The molecule has 0 bridgehead atoms. The van der Waals surface area contributed by atoms with E-state index < -0.39 is 0 Å². The highest BCUT2D eigenvalue weighted by atomic mass is 16.5. The van der Waals surface area contributed by atoms with Crippen LogP contribution in [0.15, 0.2) is 72.8 Å². The minimum Gasteiger partial charge on any atom is -0.465 e. The first-order chi connectivity index (χ1) is 11.2. The summed E-state index contributed by atoms with van der Waals surface area (Å²) in [6.45, 7) is 0. The van der Waals surface area contributed by atoms with Gasteiger partial charge in [0, 0.05) is 5.69 Å². The van der Waals surface area contributed by atoms with E-state index in [0.29, 0.717) is 5.56 Å². The lowest BCUT2D eigenvalue weighted by molar-refractivity contribution is 0.0601. The Hall–Kier alpha value is -3.07. The minimum absolute atomic E-state index is 0.330. The molecule has 114 valence electrons. The molecular weight excluding hydrogens is 286 g/mol. The molecule has 23 heavy (non-hydrogen) atoms. The maximum atomic E-state index is 11.5. The second-order valence-electron chi connectivity index (χ2n) is 5.24. The zero-order valence-electron chi connectivity index (χ0n) is 12.8. The van der Waals surface area contributed by atoms with Crippen molar-refractivity contribution in [3.05, 3.63) is 78.4 Å². The highest BCUT2D eigenvalue weighted by Crippen LogP contribution is 2.32. The van der Waals surface area contributed by atoms with E-state index in [1.165, 1.54) is 7.11 Å². The molecular formula is C20H17NO2. The molecule has 0 amide bonds. The molecule has 0 atom stereocenters. The van der Waals surface area contributed by atoms with Crippen LogP contribution in [0.4, 0.5) is 5.69 Å². The second-order valence-corrected chi connectivity index (χ2v) is 5.24. The third-order valence-electron chi connectivity index (χ3n) is 3.77. The van der Waals surface area contributed by atoms with Gasteiger partial charge in [-0.1, -0.05) is 48.5 Å². The number of rotatable bonds is 3. The van der Waals surface area contributed by atoms with E-state index in [9.17, 15) is 4.79 Å². The van der Waals surface area contributed by atoms with Gasteiger partial charge in [0.1, 0.15) is 0 Å². The summed E-state index contributed by atoms with van der Waals surface area (Å²) in [5.41, 5.74) is 11.4. The molecule has 3 rings (SSSR count). The number of carbonyl (C=O) groups is 1. The van der Waals surface area contributed by atoms with Gasteiger partial charge >= 0.3 is 5.97 Å². The van der Waals surface area contributed by atoms with Crippen molar-refractivity contribution >= 4 is 11.7 Å². The van der Waals surface area contributed by atoms with Crippen molar-refractivity contribution in [2.45, 2.75) is 0 Å². The van der Waals surface area contributed by atoms with Crippen molar-refractivity contribution in [3.8, 4) is 22.3 Å². The number of nitrogens with two attached hydrogens (primary N) is 1. The van der Waals surface area contributed by atoms with Crippen LogP contribution in [-0.2, 0) is 4.74 Å². The number of benzene rings is 3. The predicted molar refractivity (Wildman–Crippen MR) is 93.1 cm³/mol. The van der Waals surface area contributed by atoms with Gasteiger partial charge in [0.15, 0.2) is 0 Å². The van der Waals surface area contributed by atoms with Crippen LogP contribution in [-0.4, -0.2) is 13.1 Å². The number of methoxy groups -OCH3 is 1. The van der Waals surface area contributed by atoms with E-state index >= 15 is 0 Å². The Morgan fingerprint density at radius 1 is 0.783 bits per heavy atom. The Kier molecular flexibility index (Phi) is 4.11. The summed E-state index contributed by atoms with van der Waals surface area (Å²) in [5.74, 6) is -0.330. The molecule has 0 aliphatic heterocycles. The van der Waals surface area contributed by atoms with E-state index in [0.717, 1.165) is 27.9 Å². The van der Waals surface area contributed by atoms with E-state index in [4.69, 9.17) is 10.5 Å². The summed E-state index contributed by atoms with van der Waals surface area (Å²) >= 11 is 0. The van der Waals surface area contributed by atoms with Gasteiger partial charge in [0.25, 0.3) is 0 Å². The molecule has 2 N–H and O–H groups in total. The lowest BCUT2D eigenvalue weighted by Crippen LogP contribution is -2.00. The average Bonchev–Trinajstić information content (AvgIpc) is 2.62. The first-order valence-electron chi connectivity index (χ1n) is 7.33. The van der Waals surface area contributed by atoms with Crippen molar-refractivity contribution in [2.75, 3.05) is 12.8 Å². The van der Waals surface area contributed by atoms with Crippen LogP contribution in [0.1, 0.15) is 10.4 Å². The molecule has 3 nitrogen and oxygen atoms in total. The van der Waals surface area contributed by atoms with Gasteiger partial charge in [-0.2, -0.15) is 0 Å². The Morgan fingerprint density at radius 3 is 1.74 bits per heavy atom. The van der Waals surface area contributed by atoms with Crippen LogP contribution in [0, 0.1) is 0 Å². The van der Waals surface area contributed by atoms with E-state index in [1.807, 2.05) is 48.5 Å². The number of hydrogen-bond donors (Lipinski definition) is 1. The van der Waals surface area contributed by atoms with Gasteiger partial charge in [0.2, 0.25) is 0 Å². The molecule has 3 aromatic carbocycles. The number of nitrogen functional groups attached to an aromatic ring is 1. The van der Waals surface area contributed by atoms with Gasteiger partial charge < -0.3 is 10.5 Å². The number of ether oxygens (including phenoxy) is 1. The predicted octanol–water partition coefficient (Wildman–Crippen LogP) is 4.39. The van der Waals surface area contributed by atoms with Crippen LogP contribution < -0.4 is 5.73 Å². The Morgan fingerprint density at radius 2 is 1.26 bits per heavy atom. The number of hydrogen-bond acceptors (Lipinski definition) is 3. The summed E-state index contributed by atoms with van der Waals surface area (Å²) in [6.07, 6.45) is 0. The summed E-state index contributed by atoms with van der Waals surface area (Å²) < 4.78 is 4.74. The first kappa shape index (κ1) is 14.9. The Bertz CT molecular complexity index is 821. The average molecular weight is 303 g/mol. The normalized spacial score (nSPS) is 10.3. The number of esters is 1. The summed E-state index contributed by atoms with van der Waals surface area (Å²) in [5, 5.41) is 0. The summed E-state index contributed by atoms with van der Waals surface area (Å²) in [7, 11) is 1.38. The molecule has 0 saturated carbocycles. The Balaban J connectivity index is 2.03. The van der Waals surface area contributed by atoms with Crippen LogP contribution in [0.3, 0.4) is 0 Å². The van der Waals surface area contributed by atoms with E-state index in [1.54, 1.807) is 12.1 Å². The van der Waals surface area contributed by atoms with E-state index in [-0.39, 0.29) is 5.97 Å². The van der Waals surface area contributed by atoms with Gasteiger partial charge in [0.05, 0.1) is 12.7 Å². The monoisotopic (exact) mass is 303 g/mol. The third kappa shape index (κ3) is 3.09. The maximum Gasteiger partial charge on any atom is 0.337 e. The number of carbonyl (C=O) groups excluding carboxylic acids is 1. The fourth-order valence-electron chi connectivity index (χ4n) is 2.55. The van der Waals surface area contributed by atoms with E-state index in [2.05, 4.69) is 12.1 Å². The number of anilines is 1. The molecule has 0 radical (unpaired) electrons. The van der Waals surface area contributed by atoms with Gasteiger partial charge in [-0.05, 0) is 46.5 Å². The summed E-state index contributed by atoms with van der Waals surface area (Å²) in [6, 6.07) is 23.4. The van der Waals surface area contributed by atoms with Crippen molar-refractivity contribution < 1.29 is 9.53 Å². The third-order valence-corrected chi connectivity index (χ3v) is 3.77. The van der Waals surface area contributed by atoms with Crippen molar-refractivity contribution in [1.82, 2.24) is 0 Å². The molecule has 0 spiro atoms. The minimum atomic E-state index is -0.330. The lowest BCUT2D eigenvalue weighted by atomic mass is 9.94. The first-order valence-corrected chi connectivity index (χ1v) is 7.33. The van der Waals surface area contributed by atoms with Gasteiger partial charge in [-0.25, -0.2) is 4.79 Å². The zero-order chi connectivity index (χ0) is 16.2. The molecule has 0 unspecified atom stereocenters. The SMILES string of the molecule is COC(=O)c1ccc(-c2ccccc2-c2ccc(N)cc2)cc1. The summed E-state index contributed by atoms with van der Waals surface area (Å²) in [4.78, 5) is 11.5. The van der Waals surface area contributed by atoms with Crippen molar-refractivity contribution in [2.24, 2.45) is 0 Å². The molecule has 0 heterocycles. The van der Waals surface area contributed by atoms with Gasteiger partial charge in [-0.3, -0.25) is 0 Å². The van der Waals surface area contributed by atoms with Crippen molar-refractivity contribution in [1.29, 1.82) is 0 Å². The second kappa shape index (κ2) is 6.36. The highest BCUT2D eigenvalue weighted by molar-refractivity contribution is 5.91. The van der Waals surface area contributed by atoms with Crippen molar-refractivity contribution in [3.63, 3.8) is 0 Å². The zero-order valence-corrected chi connectivity index (χ0v) is 12.8. The highest BCUT2D eigenvalue weighted by Gasteiger charge is 2.09. The van der Waals surface area contributed by atoms with Crippen LogP contribution in [0.25, 0.3) is 22.3 Å². The molecule has 3 aromatic rings. The largest absolute Gasteiger partial charge is 0.465 e. The van der Waals surface area contributed by atoms with Crippen LogP contribution in [0.2, 0.25) is 0 Å². The molecule has 0 aliphatic carbocycles. The smallest absolute Gasteiger partial charge is 0.337 e. The van der Waals surface area contributed by atoms with Crippen LogP contribution in [0.5, 0.6) is 0 Å². The Labute approximate surface area is 135 Å². The van der Waals surface area contributed by atoms with Gasteiger partial charge in [-0.15, -0.1) is 0 Å². The lowest BCUT2D eigenvalue weighted by Gasteiger charge is -2.11. The topological polar surface area (TPSA) is 52.3 Å². The molecule has 0 fully saturated rings. The molecule has 3 heteroatoms. The molecule has 0 aromatic heterocycles. The standard InChI is InChI=1S/C20H17NO2/c1-23-20(22)16-8-6-14(7-9-16)18-4-2-3-5-19(18)15-10-12-17(21)13-11-15/h2-13H,21H2,1H3. The fourth-order valence-corrected chi connectivity index (χ4v) is 2.55. The van der Waals surface area contributed by atoms with Crippen LogP contribution >= 0.6 is 0 Å². The molecule has 0 saturated heterocycles. The maximum absolute atomic E-state index is 11.5. The quantitative estimate of drug-likeness (QED) is 0.576. The molecule has 0 aliphatic rings. The fraction of sp³-hybridized carbons (Fsp3) is 0.0500.